The van der Waals surface area contributed by atoms with Gasteiger partial charge in [0.1, 0.15) is 23.9 Å². The van der Waals surface area contributed by atoms with Crippen LogP contribution in [0.15, 0.2) is 57.6 Å². The minimum Gasteiger partial charge on any atom is -0.486 e. The Bertz CT molecular complexity index is 907. The van der Waals surface area contributed by atoms with Crippen LogP contribution in [-0.2, 0) is 13.7 Å². The summed E-state index contributed by atoms with van der Waals surface area (Å²) in [5.41, 5.74) is 1.30. The Morgan fingerprint density at radius 3 is 2.72 bits per heavy atom. The van der Waals surface area contributed by atoms with Crippen molar-refractivity contribution in [1.29, 1.82) is 0 Å². The summed E-state index contributed by atoms with van der Waals surface area (Å²) in [6, 6.07) is 11.2. The third-order valence-electron chi connectivity index (χ3n) is 3.56. The van der Waals surface area contributed by atoms with Crippen LogP contribution in [0.1, 0.15) is 27.6 Å². The standard InChI is InChI=1S/C19H17BrN2O3/c1-13-18(11-22(2)21-13)19(23)10-9-16-7-8-17(25-16)12-24-15-5-3-14(20)4-6-15/h3-11H,12H2,1-2H3/b10-9+. The molecule has 0 amide bonds. The van der Waals surface area contributed by atoms with E-state index in [4.69, 9.17) is 9.15 Å². The molecule has 0 N–H and O–H groups in total. The van der Waals surface area contributed by atoms with E-state index in [-0.39, 0.29) is 5.78 Å². The fourth-order valence-corrected chi connectivity index (χ4v) is 2.60. The molecule has 6 heteroatoms. The molecule has 0 spiro atoms. The highest BCUT2D eigenvalue weighted by molar-refractivity contribution is 9.10. The van der Waals surface area contributed by atoms with Crippen LogP contribution in [0.25, 0.3) is 6.08 Å². The number of nitrogens with zero attached hydrogens (tertiary/aromatic N) is 2. The van der Waals surface area contributed by atoms with Gasteiger partial charge < -0.3 is 9.15 Å². The molecule has 0 aliphatic rings. The predicted molar refractivity (Wildman–Crippen MR) is 98.5 cm³/mol. The van der Waals surface area contributed by atoms with Crippen molar-refractivity contribution in [3.8, 4) is 5.75 Å². The summed E-state index contributed by atoms with van der Waals surface area (Å²) in [6.45, 7) is 2.14. The molecule has 3 aromatic rings. The number of hydrogen-bond donors (Lipinski definition) is 0. The lowest BCUT2D eigenvalue weighted by molar-refractivity contribution is 0.104. The Morgan fingerprint density at radius 2 is 2.04 bits per heavy atom. The topological polar surface area (TPSA) is 57.3 Å². The lowest BCUT2D eigenvalue weighted by Crippen LogP contribution is -1.94. The molecule has 1 aromatic carbocycles. The second kappa shape index (κ2) is 7.53. The van der Waals surface area contributed by atoms with Crippen molar-refractivity contribution in [1.82, 2.24) is 9.78 Å². The zero-order valence-electron chi connectivity index (χ0n) is 13.9. The van der Waals surface area contributed by atoms with E-state index in [1.54, 1.807) is 30.1 Å². The number of ether oxygens (including phenoxy) is 1. The number of allylic oxidation sites excluding steroid dienone is 1. The van der Waals surface area contributed by atoms with Gasteiger partial charge in [0.25, 0.3) is 0 Å². The fourth-order valence-electron chi connectivity index (χ4n) is 2.34. The van der Waals surface area contributed by atoms with E-state index in [9.17, 15) is 4.79 Å². The summed E-state index contributed by atoms with van der Waals surface area (Å²) in [5, 5.41) is 4.17. The first-order valence-electron chi connectivity index (χ1n) is 7.71. The Kier molecular flexibility index (Phi) is 5.19. The first kappa shape index (κ1) is 17.2. The van der Waals surface area contributed by atoms with Crippen LogP contribution < -0.4 is 4.74 Å². The van der Waals surface area contributed by atoms with Crippen molar-refractivity contribution in [2.75, 3.05) is 0 Å². The summed E-state index contributed by atoms with van der Waals surface area (Å²) < 4.78 is 13.9. The maximum Gasteiger partial charge on any atom is 0.189 e. The number of rotatable bonds is 6. The van der Waals surface area contributed by atoms with Crippen LogP contribution in [0.4, 0.5) is 0 Å². The molecule has 0 aliphatic carbocycles. The van der Waals surface area contributed by atoms with Gasteiger partial charge in [-0.25, -0.2) is 0 Å². The lowest BCUT2D eigenvalue weighted by Gasteiger charge is -2.03. The predicted octanol–water partition coefficient (Wildman–Crippen LogP) is 4.56. The number of aryl methyl sites for hydroxylation is 2. The number of carbonyl (C=O) groups excluding carboxylic acids is 1. The molecular weight excluding hydrogens is 384 g/mol. The van der Waals surface area contributed by atoms with Gasteiger partial charge in [-0.3, -0.25) is 9.48 Å². The van der Waals surface area contributed by atoms with Crippen LogP contribution in [-0.4, -0.2) is 15.6 Å². The van der Waals surface area contributed by atoms with Gasteiger partial charge in [-0.2, -0.15) is 5.10 Å². The molecule has 2 aromatic heterocycles. The van der Waals surface area contributed by atoms with E-state index in [2.05, 4.69) is 21.0 Å². The zero-order chi connectivity index (χ0) is 17.8. The van der Waals surface area contributed by atoms with Gasteiger partial charge in [0.2, 0.25) is 0 Å². The van der Waals surface area contributed by atoms with E-state index in [0.29, 0.717) is 29.4 Å². The van der Waals surface area contributed by atoms with Gasteiger partial charge in [-0.1, -0.05) is 15.9 Å². The number of aromatic nitrogens is 2. The molecule has 5 nitrogen and oxygen atoms in total. The van der Waals surface area contributed by atoms with Gasteiger partial charge in [0, 0.05) is 17.7 Å². The molecule has 3 rings (SSSR count). The Morgan fingerprint density at radius 1 is 1.28 bits per heavy atom. The summed E-state index contributed by atoms with van der Waals surface area (Å²) in [4.78, 5) is 12.2. The van der Waals surface area contributed by atoms with E-state index >= 15 is 0 Å². The number of ketones is 1. The number of halogens is 1. The van der Waals surface area contributed by atoms with Gasteiger partial charge in [0.05, 0.1) is 11.3 Å². The maximum absolute atomic E-state index is 12.2. The number of hydrogen-bond acceptors (Lipinski definition) is 4. The van der Waals surface area contributed by atoms with Crippen LogP contribution in [0, 0.1) is 6.92 Å². The molecule has 0 radical (unpaired) electrons. The molecule has 0 saturated carbocycles. The minimum atomic E-state index is -0.102. The first-order valence-corrected chi connectivity index (χ1v) is 8.50. The molecule has 0 unspecified atom stereocenters. The summed E-state index contributed by atoms with van der Waals surface area (Å²) >= 11 is 3.38. The molecule has 0 saturated heterocycles. The summed E-state index contributed by atoms with van der Waals surface area (Å²) in [5.74, 6) is 1.95. The molecule has 2 heterocycles. The first-order chi connectivity index (χ1) is 12.0. The number of carbonyl (C=O) groups is 1. The molecule has 0 atom stereocenters. The largest absolute Gasteiger partial charge is 0.486 e. The van der Waals surface area contributed by atoms with E-state index < -0.39 is 0 Å². The van der Waals surface area contributed by atoms with Gasteiger partial charge in [0.15, 0.2) is 5.78 Å². The maximum atomic E-state index is 12.2. The quantitative estimate of drug-likeness (QED) is 0.449. The van der Waals surface area contributed by atoms with Crippen molar-refractivity contribution >= 4 is 27.8 Å². The van der Waals surface area contributed by atoms with Crippen molar-refractivity contribution in [3.05, 3.63) is 75.9 Å². The monoisotopic (exact) mass is 400 g/mol. The fraction of sp³-hybridized carbons (Fsp3) is 0.158. The van der Waals surface area contributed by atoms with Crippen molar-refractivity contribution < 1.29 is 13.9 Å². The van der Waals surface area contributed by atoms with Gasteiger partial charge >= 0.3 is 0 Å². The van der Waals surface area contributed by atoms with Gasteiger partial charge in [-0.15, -0.1) is 0 Å². The molecule has 0 bridgehead atoms. The molecule has 128 valence electrons. The van der Waals surface area contributed by atoms with Crippen LogP contribution in [0.2, 0.25) is 0 Å². The third-order valence-corrected chi connectivity index (χ3v) is 4.08. The zero-order valence-corrected chi connectivity index (χ0v) is 15.5. The highest BCUT2D eigenvalue weighted by Gasteiger charge is 2.09. The molecule has 25 heavy (non-hydrogen) atoms. The highest BCUT2D eigenvalue weighted by atomic mass is 79.9. The van der Waals surface area contributed by atoms with Crippen molar-refractivity contribution in [3.63, 3.8) is 0 Å². The number of furan rings is 1. The number of benzene rings is 1. The average molecular weight is 401 g/mol. The van der Waals surface area contributed by atoms with Crippen LogP contribution >= 0.6 is 15.9 Å². The van der Waals surface area contributed by atoms with Gasteiger partial charge in [-0.05, 0) is 55.5 Å². The Labute approximate surface area is 154 Å². The SMILES string of the molecule is Cc1nn(C)cc1C(=O)/C=C/c1ccc(COc2ccc(Br)cc2)o1. The third kappa shape index (κ3) is 4.48. The van der Waals surface area contributed by atoms with Crippen molar-refractivity contribution in [2.24, 2.45) is 7.05 Å². The van der Waals surface area contributed by atoms with Crippen LogP contribution in [0.3, 0.4) is 0 Å². The smallest absolute Gasteiger partial charge is 0.189 e. The van der Waals surface area contributed by atoms with E-state index in [1.807, 2.05) is 37.3 Å². The Hall–Kier alpha value is -2.60. The second-order valence-electron chi connectivity index (χ2n) is 5.55. The van der Waals surface area contributed by atoms with Crippen LogP contribution in [0.5, 0.6) is 5.75 Å². The molecular formula is C19H17BrN2O3. The second-order valence-corrected chi connectivity index (χ2v) is 6.46. The Balaban J connectivity index is 1.60. The summed E-state index contributed by atoms with van der Waals surface area (Å²) in [6.07, 6.45) is 4.85. The summed E-state index contributed by atoms with van der Waals surface area (Å²) in [7, 11) is 1.79. The van der Waals surface area contributed by atoms with E-state index in [0.717, 1.165) is 10.2 Å². The van der Waals surface area contributed by atoms with E-state index in [1.165, 1.54) is 6.08 Å². The van der Waals surface area contributed by atoms with Crippen molar-refractivity contribution in [2.45, 2.75) is 13.5 Å². The molecule has 0 aliphatic heterocycles. The normalized spacial score (nSPS) is 11.2. The highest BCUT2D eigenvalue weighted by Crippen LogP contribution is 2.18. The molecule has 0 fully saturated rings. The average Bonchev–Trinajstić information content (AvgIpc) is 3.18. The minimum absolute atomic E-state index is 0.102. The lowest BCUT2D eigenvalue weighted by atomic mass is 10.1.